The van der Waals surface area contributed by atoms with E-state index in [9.17, 15) is 9.90 Å². The van der Waals surface area contributed by atoms with E-state index in [0.717, 1.165) is 11.3 Å². The number of carbonyl (C=O) groups is 1. The van der Waals surface area contributed by atoms with Gasteiger partial charge in [0.1, 0.15) is 12.7 Å². The highest BCUT2D eigenvalue weighted by Gasteiger charge is 2.13. The van der Waals surface area contributed by atoms with Crippen LogP contribution in [0.25, 0.3) is 5.69 Å². The zero-order valence-electron chi connectivity index (χ0n) is 13.0. The van der Waals surface area contributed by atoms with Gasteiger partial charge in [0.15, 0.2) is 0 Å². The predicted octanol–water partition coefficient (Wildman–Crippen LogP) is 1.60. The molecule has 1 amide bonds. The number of amides is 1. The van der Waals surface area contributed by atoms with Gasteiger partial charge in [-0.05, 0) is 36.2 Å². The number of aliphatic hydroxyl groups excluding tert-OH is 1. The lowest BCUT2D eigenvalue weighted by Gasteiger charge is -2.16. The summed E-state index contributed by atoms with van der Waals surface area (Å²) in [6, 6.07) is 16.6. The summed E-state index contributed by atoms with van der Waals surface area (Å²) in [4.78, 5) is 12.3. The van der Waals surface area contributed by atoms with Crippen molar-refractivity contribution in [2.24, 2.45) is 0 Å². The number of carbonyl (C=O) groups excluding carboxylic acids is 1. The maximum Gasteiger partial charge on any atom is 0.251 e. The first-order valence-corrected chi connectivity index (χ1v) is 7.67. The van der Waals surface area contributed by atoms with Crippen LogP contribution in [0.5, 0.6) is 0 Å². The molecule has 2 N–H and O–H groups in total. The molecule has 0 saturated heterocycles. The van der Waals surface area contributed by atoms with Gasteiger partial charge in [-0.3, -0.25) is 9.36 Å². The highest BCUT2D eigenvalue weighted by molar-refractivity contribution is 5.94. The molecule has 0 saturated carbocycles. The molecule has 0 spiro atoms. The summed E-state index contributed by atoms with van der Waals surface area (Å²) >= 11 is 0. The SMILES string of the molecule is O=C(N[C@@H](CO)Cc1ccccc1)c1ccc(-n2cnnc2)cc1. The van der Waals surface area contributed by atoms with Gasteiger partial charge in [-0.25, -0.2) is 0 Å². The van der Waals surface area contributed by atoms with Crippen molar-refractivity contribution in [3.05, 3.63) is 78.4 Å². The highest BCUT2D eigenvalue weighted by Crippen LogP contribution is 2.10. The summed E-state index contributed by atoms with van der Waals surface area (Å²) in [5.41, 5.74) is 2.48. The summed E-state index contributed by atoms with van der Waals surface area (Å²) < 4.78 is 1.76. The van der Waals surface area contributed by atoms with Crippen LogP contribution >= 0.6 is 0 Å². The molecule has 3 aromatic rings. The van der Waals surface area contributed by atoms with Crippen LogP contribution in [0, 0.1) is 0 Å². The Hall–Kier alpha value is -2.99. The van der Waals surface area contributed by atoms with Crippen LogP contribution in [0.15, 0.2) is 67.3 Å². The smallest absolute Gasteiger partial charge is 0.251 e. The second-order valence-electron chi connectivity index (χ2n) is 5.46. The molecule has 0 unspecified atom stereocenters. The van der Waals surface area contributed by atoms with Crippen molar-refractivity contribution in [1.29, 1.82) is 0 Å². The minimum Gasteiger partial charge on any atom is -0.394 e. The third kappa shape index (κ3) is 3.85. The van der Waals surface area contributed by atoms with Gasteiger partial charge in [-0.15, -0.1) is 10.2 Å². The lowest BCUT2D eigenvalue weighted by molar-refractivity contribution is 0.0916. The van der Waals surface area contributed by atoms with Gasteiger partial charge < -0.3 is 10.4 Å². The first-order chi connectivity index (χ1) is 11.8. The number of hydrogen-bond acceptors (Lipinski definition) is 4. The van der Waals surface area contributed by atoms with Gasteiger partial charge in [0, 0.05) is 11.3 Å². The molecule has 0 fully saturated rings. The van der Waals surface area contributed by atoms with E-state index >= 15 is 0 Å². The average molecular weight is 322 g/mol. The molecule has 3 rings (SSSR count). The number of aliphatic hydroxyl groups is 1. The lowest BCUT2D eigenvalue weighted by atomic mass is 10.1. The zero-order valence-corrected chi connectivity index (χ0v) is 13.0. The Labute approximate surface area is 139 Å². The quantitative estimate of drug-likeness (QED) is 0.722. The van der Waals surface area contributed by atoms with Crippen molar-refractivity contribution in [1.82, 2.24) is 20.1 Å². The number of rotatable bonds is 6. The fourth-order valence-corrected chi connectivity index (χ4v) is 2.45. The number of benzene rings is 2. The molecule has 122 valence electrons. The summed E-state index contributed by atoms with van der Waals surface area (Å²) in [6.45, 7) is -0.112. The number of aromatic nitrogens is 3. The largest absolute Gasteiger partial charge is 0.394 e. The maximum atomic E-state index is 12.3. The molecular formula is C18H18N4O2. The second kappa shape index (κ2) is 7.52. The van der Waals surface area contributed by atoms with Crippen molar-refractivity contribution in [3.8, 4) is 5.69 Å². The number of hydrogen-bond donors (Lipinski definition) is 2. The van der Waals surface area contributed by atoms with Crippen molar-refractivity contribution in [2.45, 2.75) is 12.5 Å². The third-order valence-corrected chi connectivity index (χ3v) is 3.73. The molecule has 0 aliphatic rings. The monoisotopic (exact) mass is 322 g/mol. The lowest BCUT2D eigenvalue weighted by Crippen LogP contribution is -2.39. The highest BCUT2D eigenvalue weighted by atomic mass is 16.3. The number of nitrogens with zero attached hydrogens (tertiary/aromatic N) is 3. The fourth-order valence-electron chi connectivity index (χ4n) is 2.45. The van der Waals surface area contributed by atoms with Crippen LogP contribution in [-0.2, 0) is 6.42 Å². The molecule has 24 heavy (non-hydrogen) atoms. The summed E-state index contributed by atoms with van der Waals surface area (Å²) in [7, 11) is 0. The Morgan fingerprint density at radius 2 is 1.71 bits per heavy atom. The molecule has 0 aliphatic heterocycles. The normalized spacial score (nSPS) is 11.9. The van der Waals surface area contributed by atoms with Gasteiger partial charge in [0.25, 0.3) is 5.91 Å². The molecule has 0 radical (unpaired) electrons. The minimum absolute atomic E-state index is 0.112. The second-order valence-corrected chi connectivity index (χ2v) is 5.46. The van der Waals surface area contributed by atoms with E-state index in [1.54, 1.807) is 29.4 Å². The Morgan fingerprint density at radius 1 is 1.04 bits per heavy atom. The van der Waals surface area contributed by atoms with Crippen LogP contribution in [0.4, 0.5) is 0 Å². The van der Waals surface area contributed by atoms with E-state index < -0.39 is 0 Å². The van der Waals surface area contributed by atoms with Crippen molar-refractivity contribution in [2.75, 3.05) is 6.61 Å². The Balaban J connectivity index is 1.65. The maximum absolute atomic E-state index is 12.3. The Kier molecular flexibility index (Phi) is 4.98. The fraction of sp³-hybridized carbons (Fsp3) is 0.167. The van der Waals surface area contributed by atoms with Crippen LogP contribution in [0.3, 0.4) is 0 Å². The average Bonchev–Trinajstić information content (AvgIpc) is 3.17. The number of nitrogens with one attached hydrogen (secondary N) is 1. The van der Waals surface area contributed by atoms with Crippen molar-refractivity contribution < 1.29 is 9.90 Å². The summed E-state index contributed by atoms with van der Waals surface area (Å²) in [6.07, 6.45) is 3.77. The van der Waals surface area contributed by atoms with E-state index in [1.807, 2.05) is 42.5 Å². The van der Waals surface area contributed by atoms with Crippen molar-refractivity contribution >= 4 is 5.91 Å². The van der Waals surface area contributed by atoms with Gasteiger partial charge in [-0.2, -0.15) is 0 Å². The van der Waals surface area contributed by atoms with Gasteiger partial charge in [0.2, 0.25) is 0 Å². The van der Waals surface area contributed by atoms with E-state index in [1.165, 1.54) is 0 Å². The first kappa shape index (κ1) is 15.9. The minimum atomic E-state index is -0.322. The van der Waals surface area contributed by atoms with E-state index in [2.05, 4.69) is 15.5 Å². The van der Waals surface area contributed by atoms with Crippen LogP contribution < -0.4 is 5.32 Å². The van der Waals surface area contributed by atoms with E-state index in [0.29, 0.717) is 12.0 Å². The zero-order chi connectivity index (χ0) is 16.8. The first-order valence-electron chi connectivity index (χ1n) is 7.67. The molecule has 1 aromatic heterocycles. The Bertz CT molecular complexity index is 771. The summed E-state index contributed by atoms with van der Waals surface area (Å²) in [5.74, 6) is -0.208. The summed E-state index contributed by atoms with van der Waals surface area (Å²) in [5, 5.41) is 19.9. The van der Waals surface area contributed by atoms with Crippen molar-refractivity contribution in [3.63, 3.8) is 0 Å². The molecule has 0 bridgehead atoms. The Morgan fingerprint density at radius 3 is 2.33 bits per heavy atom. The molecule has 0 aliphatic carbocycles. The third-order valence-electron chi connectivity index (χ3n) is 3.73. The van der Waals surface area contributed by atoms with E-state index in [-0.39, 0.29) is 18.6 Å². The molecular weight excluding hydrogens is 304 g/mol. The predicted molar refractivity (Wildman–Crippen MR) is 89.8 cm³/mol. The topological polar surface area (TPSA) is 80.0 Å². The van der Waals surface area contributed by atoms with E-state index in [4.69, 9.17) is 0 Å². The molecule has 1 heterocycles. The van der Waals surface area contributed by atoms with Crippen LogP contribution in [-0.4, -0.2) is 38.4 Å². The van der Waals surface area contributed by atoms with Gasteiger partial charge in [-0.1, -0.05) is 30.3 Å². The van der Waals surface area contributed by atoms with Gasteiger partial charge in [0.05, 0.1) is 12.6 Å². The molecule has 6 nitrogen and oxygen atoms in total. The van der Waals surface area contributed by atoms with Gasteiger partial charge >= 0.3 is 0 Å². The van der Waals surface area contributed by atoms with Crippen LogP contribution in [0.2, 0.25) is 0 Å². The van der Waals surface area contributed by atoms with Crippen LogP contribution in [0.1, 0.15) is 15.9 Å². The molecule has 2 aromatic carbocycles. The molecule has 6 heteroatoms. The standard InChI is InChI=1S/C18H18N4O2/c23-11-16(10-14-4-2-1-3-5-14)21-18(24)15-6-8-17(9-7-15)22-12-19-20-13-22/h1-9,12-13,16,23H,10-11H2,(H,21,24)/t16-/m1/s1. The molecule has 1 atom stereocenters.